The second-order valence-corrected chi connectivity index (χ2v) is 6.64. The Labute approximate surface area is 132 Å². The van der Waals surface area contributed by atoms with Gasteiger partial charge in [-0.1, -0.05) is 6.07 Å². The van der Waals surface area contributed by atoms with E-state index < -0.39 is 26.6 Å². The summed E-state index contributed by atoms with van der Waals surface area (Å²) in [5.41, 5.74) is 0.433. The van der Waals surface area contributed by atoms with Crippen molar-refractivity contribution in [1.82, 2.24) is 4.90 Å². The first-order valence-electron chi connectivity index (χ1n) is 6.50. The predicted octanol–water partition coefficient (Wildman–Crippen LogP) is 2.47. The van der Waals surface area contributed by atoms with Gasteiger partial charge in [0.15, 0.2) is 11.6 Å². The molecule has 0 heterocycles. The molecule has 2 rings (SSSR count). The van der Waals surface area contributed by atoms with E-state index in [1.54, 1.807) is 14.1 Å². The molecule has 0 unspecified atom stereocenters. The highest BCUT2D eigenvalue weighted by atomic mass is 32.2. The molecule has 2 aromatic rings. The summed E-state index contributed by atoms with van der Waals surface area (Å²) in [6.07, 6.45) is 0. The van der Waals surface area contributed by atoms with Gasteiger partial charge in [0.2, 0.25) is 0 Å². The molecule has 122 valence electrons. The summed E-state index contributed by atoms with van der Waals surface area (Å²) in [6.45, 7) is 0. The number of nitrogens with one attached hydrogen (secondary N) is 1. The fraction of sp³-hybridized carbons (Fsp3) is 0.133. The monoisotopic (exact) mass is 340 g/mol. The maximum Gasteiger partial charge on any atom is 0.261 e. The Morgan fingerprint density at radius 2 is 1.74 bits per heavy atom. The molecule has 0 fully saturated rings. The molecule has 0 saturated carbocycles. The molecule has 23 heavy (non-hydrogen) atoms. The van der Waals surface area contributed by atoms with Crippen molar-refractivity contribution in [2.24, 2.45) is 0 Å². The zero-order valence-corrected chi connectivity index (χ0v) is 13.2. The average Bonchev–Trinajstić information content (AvgIpc) is 2.48. The molecule has 0 bridgehead atoms. The topological polar surface area (TPSA) is 66.5 Å². The summed E-state index contributed by atoms with van der Waals surface area (Å²) in [4.78, 5) is 12.8. The Kier molecular flexibility index (Phi) is 4.65. The van der Waals surface area contributed by atoms with E-state index in [0.29, 0.717) is 11.6 Å². The molecule has 0 radical (unpaired) electrons. The number of rotatable bonds is 4. The van der Waals surface area contributed by atoms with Gasteiger partial charge in [-0.05, 0) is 36.4 Å². The zero-order chi connectivity index (χ0) is 17.2. The van der Waals surface area contributed by atoms with Gasteiger partial charge in [0.25, 0.3) is 15.9 Å². The van der Waals surface area contributed by atoms with Crippen LogP contribution in [0, 0.1) is 11.6 Å². The van der Waals surface area contributed by atoms with Gasteiger partial charge in [-0.3, -0.25) is 9.52 Å². The molecule has 5 nitrogen and oxygen atoms in total. The highest BCUT2D eigenvalue weighted by molar-refractivity contribution is 7.92. The largest absolute Gasteiger partial charge is 0.345 e. The van der Waals surface area contributed by atoms with E-state index in [0.717, 1.165) is 12.1 Å². The van der Waals surface area contributed by atoms with E-state index in [9.17, 15) is 22.0 Å². The van der Waals surface area contributed by atoms with Gasteiger partial charge in [0.1, 0.15) is 0 Å². The molecule has 0 atom stereocenters. The van der Waals surface area contributed by atoms with Gasteiger partial charge in [0.05, 0.1) is 4.90 Å². The third-order valence-electron chi connectivity index (χ3n) is 2.97. The number of amides is 1. The number of nitrogens with zero attached hydrogens (tertiary/aromatic N) is 1. The molecule has 0 saturated heterocycles. The van der Waals surface area contributed by atoms with Gasteiger partial charge in [-0.2, -0.15) is 0 Å². The van der Waals surface area contributed by atoms with Gasteiger partial charge < -0.3 is 4.90 Å². The summed E-state index contributed by atoms with van der Waals surface area (Å²) < 4.78 is 52.7. The molecule has 0 aliphatic carbocycles. The maximum atomic E-state index is 13.2. The molecule has 0 aliphatic rings. The maximum absolute atomic E-state index is 13.2. The molecule has 8 heteroatoms. The first kappa shape index (κ1) is 16.9. The summed E-state index contributed by atoms with van der Waals surface area (Å²) in [6, 6.07) is 8.14. The Hall–Kier alpha value is -2.48. The first-order valence-corrected chi connectivity index (χ1v) is 7.98. The second-order valence-electron chi connectivity index (χ2n) is 4.96. The van der Waals surface area contributed by atoms with Crippen LogP contribution in [-0.2, 0) is 10.0 Å². The Bertz CT molecular complexity index is 852. The van der Waals surface area contributed by atoms with E-state index in [1.807, 2.05) is 0 Å². The third-order valence-corrected chi connectivity index (χ3v) is 4.35. The number of benzene rings is 2. The van der Waals surface area contributed by atoms with Crippen molar-refractivity contribution in [3.05, 3.63) is 59.7 Å². The van der Waals surface area contributed by atoms with E-state index in [1.165, 1.54) is 29.2 Å². The van der Waals surface area contributed by atoms with Crippen molar-refractivity contribution in [2.45, 2.75) is 4.90 Å². The molecule has 0 spiro atoms. The summed E-state index contributed by atoms with van der Waals surface area (Å²) in [7, 11) is -0.957. The lowest BCUT2D eigenvalue weighted by Gasteiger charge is -2.12. The lowest BCUT2D eigenvalue weighted by atomic mass is 10.2. The standard InChI is InChI=1S/C15H14F2N2O3S/c1-19(2)15(20)10-4-3-5-11(8-10)18-23(21,22)12-6-7-13(16)14(17)9-12/h3-9,18H,1-2H3. The van der Waals surface area contributed by atoms with Gasteiger partial charge in [-0.25, -0.2) is 17.2 Å². The molecular weight excluding hydrogens is 326 g/mol. The van der Waals surface area contributed by atoms with Crippen molar-refractivity contribution in [3.63, 3.8) is 0 Å². The highest BCUT2D eigenvalue weighted by Crippen LogP contribution is 2.19. The number of carbonyl (C=O) groups excluding carboxylic acids is 1. The van der Waals surface area contributed by atoms with Crippen LogP contribution in [0.15, 0.2) is 47.4 Å². The van der Waals surface area contributed by atoms with E-state index in [-0.39, 0.29) is 11.6 Å². The van der Waals surface area contributed by atoms with Crippen LogP contribution in [0.5, 0.6) is 0 Å². The van der Waals surface area contributed by atoms with E-state index in [2.05, 4.69) is 4.72 Å². The Morgan fingerprint density at radius 3 is 2.35 bits per heavy atom. The van der Waals surface area contributed by atoms with Crippen LogP contribution in [0.25, 0.3) is 0 Å². The number of anilines is 1. The number of hydrogen-bond acceptors (Lipinski definition) is 3. The number of halogens is 2. The minimum absolute atomic E-state index is 0.141. The molecule has 0 aromatic heterocycles. The van der Waals surface area contributed by atoms with Crippen LogP contribution < -0.4 is 4.72 Å². The summed E-state index contributed by atoms with van der Waals surface area (Å²) in [5.74, 6) is -2.69. The Balaban J connectivity index is 2.32. The molecular formula is C15H14F2N2O3S. The zero-order valence-electron chi connectivity index (χ0n) is 12.4. The number of carbonyl (C=O) groups is 1. The fourth-order valence-electron chi connectivity index (χ4n) is 1.83. The van der Waals surface area contributed by atoms with Crippen molar-refractivity contribution >= 4 is 21.6 Å². The molecule has 1 amide bonds. The number of hydrogen-bond donors (Lipinski definition) is 1. The average molecular weight is 340 g/mol. The van der Waals surface area contributed by atoms with Crippen molar-refractivity contribution in [1.29, 1.82) is 0 Å². The van der Waals surface area contributed by atoms with Crippen LogP contribution in [0.4, 0.5) is 14.5 Å². The first-order chi connectivity index (χ1) is 10.7. The van der Waals surface area contributed by atoms with Crippen LogP contribution in [0.3, 0.4) is 0 Å². The second kappa shape index (κ2) is 6.33. The third kappa shape index (κ3) is 3.84. The SMILES string of the molecule is CN(C)C(=O)c1cccc(NS(=O)(=O)c2ccc(F)c(F)c2)c1. The predicted molar refractivity (Wildman–Crippen MR) is 81.6 cm³/mol. The van der Waals surface area contributed by atoms with Gasteiger partial charge >= 0.3 is 0 Å². The lowest BCUT2D eigenvalue weighted by molar-refractivity contribution is 0.0827. The quantitative estimate of drug-likeness (QED) is 0.930. The smallest absolute Gasteiger partial charge is 0.261 e. The van der Waals surface area contributed by atoms with Gasteiger partial charge in [0, 0.05) is 25.3 Å². The normalized spacial score (nSPS) is 11.1. The van der Waals surface area contributed by atoms with Crippen LogP contribution in [0.1, 0.15) is 10.4 Å². The minimum Gasteiger partial charge on any atom is -0.345 e. The van der Waals surface area contributed by atoms with Crippen LogP contribution >= 0.6 is 0 Å². The molecule has 1 N–H and O–H groups in total. The lowest BCUT2D eigenvalue weighted by Crippen LogP contribution is -2.22. The van der Waals surface area contributed by atoms with Crippen LogP contribution in [0.2, 0.25) is 0 Å². The highest BCUT2D eigenvalue weighted by Gasteiger charge is 2.17. The van der Waals surface area contributed by atoms with Crippen molar-refractivity contribution in [2.75, 3.05) is 18.8 Å². The van der Waals surface area contributed by atoms with Crippen molar-refractivity contribution < 1.29 is 22.0 Å². The summed E-state index contributed by atoms with van der Waals surface area (Å²) in [5, 5.41) is 0. The van der Waals surface area contributed by atoms with E-state index in [4.69, 9.17) is 0 Å². The molecule has 2 aromatic carbocycles. The molecule has 0 aliphatic heterocycles. The van der Waals surface area contributed by atoms with Crippen LogP contribution in [-0.4, -0.2) is 33.3 Å². The Morgan fingerprint density at radius 1 is 1.04 bits per heavy atom. The summed E-state index contributed by atoms with van der Waals surface area (Å²) >= 11 is 0. The van der Waals surface area contributed by atoms with Crippen molar-refractivity contribution in [3.8, 4) is 0 Å². The fourth-order valence-corrected chi connectivity index (χ4v) is 2.89. The van der Waals surface area contributed by atoms with Gasteiger partial charge in [-0.15, -0.1) is 0 Å². The van der Waals surface area contributed by atoms with E-state index >= 15 is 0 Å². The number of sulfonamides is 1. The minimum atomic E-state index is -4.10.